The molecule has 0 spiro atoms. The van der Waals surface area contributed by atoms with Crippen LogP contribution in [0.4, 0.5) is 0 Å². The van der Waals surface area contributed by atoms with E-state index in [-0.39, 0.29) is 0 Å². The van der Waals surface area contributed by atoms with Gasteiger partial charge in [-0.1, -0.05) is 23.4 Å². The Morgan fingerprint density at radius 2 is 2.07 bits per heavy atom. The fourth-order valence-corrected chi connectivity index (χ4v) is 1.16. The van der Waals surface area contributed by atoms with E-state index >= 15 is 0 Å². The number of halogens is 1. The third kappa shape index (κ3) is 3.83. The molecule has 0 radical (unpaired) electrons. The van der Waals surface area contributed by atoms with E-state index in [1.54, 1.807) is 39.2 Å². The first-order valence-electron chi connectivity index (χ1n) is 4.51. The zero-order chi connectivity index (χ0) is 11.5. The molecule has 2 nitrogen and oxygen atoms in total. The van der Waals surface area contributed by atoms with Crippen LogP contribution in [0.1, 0.15) is 19.4 Å². The minimum absolute atomic E-state index is 0.548. The van der Waals surface area contributed by atoms with Crippen molar-refractivity contribution in [2.75, 3.05) is 7.11 Å². The van der Waals surface area contributed by atoms with E-state index in [0.717, 1.165) is 5.56 Å². The van der Waals surface area contributed by atoms with Crippen molar-refractivity contribution in [3.8, 4) is 17.6 Å². The highest BCUT2D eigenvalue weighted by Crippen LogP contribution is 2.24. The molecule has 15 heavy (non-hydrogen) atoms. The van der Waals surface area contributed by atoms with Gasteiger partial charge in [0.2, 0.25) is 0 Å². The summed E-state index contributed by atoms with van der Waals surface area (Å²) in [6.07, 6.45) is 0. The molecule has 0 aliphatic rings. The van der Waals surface area contributed by atoms with Crippen molar-refractivity contribution in [2.24, 2.45) is 0 Å². The molecule has 0 saturated carbocycles. The van der Waals surface area contributed by atoms with Crippen molar-refractivity contribution < 1.29 is 9.84 Å². The van der Waals surface area contributed by atoms with Crippen LogP contribution < -0.4 is 4.74 Å². The molecule has 0 atom stereocenters. The van der Waals surface area contributed by atoms with Crippen molar-refractivity contribution >= 4 is 11.6 Å². The van der Waals surface area contributed by atoms with Gasteiger partial charge in [0, 0.05) is 5.56 Å². The molecule has 1 aromatic rings. The molecule has 0 heterocycles. The molecule has 0 amide bonds. The molecule has 0 fully saturated rings. The lowest BCUT2D eigenvalue weighted by molar-refractivity contribution is 0.143. The first kappa shape index (κ1) is 11.9. The van der Waals surface area contributed by atoms with Gasteiger partial charge >= 0.3 is 0 Å². The molecule has 0 unspecified atom stereocenters. The van der Waals surface area contributed by atoms with E-state index in [0.29, 0.717) is 10.8 Å². The molecule has 0 bridgehead atoms. The summed E-state index contributed by atoms with van der Waals surface area (Å²) in [5.41, 5.74) is -0.231. The summed E-state index contributed by atoms with van der Waals surface area (Å²) in [6.45, 7) is 3.26. The van der Waals surface area contributed by atoms with Crippen LogP contribution in [0.2, 0.25) is 5.02 Å². The quantitative estimate of drug-likeness (QED) is 0.743. The average molecular weight is 225 g/mol. The van der Waals surface area contributed by atoms with Crippen LogP contribution in [0.3, 0.4) is 0 Å². The van der Waals surface area contributed by atoms with E-state index in [2.05, 4.69) is 11.8 Å². The van der Waals surface area contributed by atoms with Gasteiger partial charge < -0.3 is 9.84 Å². The van der Waals surface area contributed by atoms with Gasteiger partial charge in [-0.3, -0.25) is 0 Å². The van der Waals surface area contributed by atoms with E-state index in [1.807, 2.05) is 0 Å². The summed E-state index contributed by atoms with van der Waals surface area (Å²) in [5, 5.41) is 9.98. The largest absolute Gasteiger partial charge is 0.495 e. The Hall–Kier alpha value is -1.17. The summed E-state index contributed by atoms with van der Waals surface area (Å²) < 4.78 is 5.06. The second kappa shape index (κ2) is 4.57. The maximum Gasteiger partial charge on any atom is 0.138 e. The maximum absolute atomic E-state index is 9.43. The van der Waals surface area contributed by atoms with Crippen LogP contribution in [0, 0.1) is 11.8 Å². The van der Waals surface area contributed by atoms with Crippen molar-refractivity contribution in [2.45, 2.75) is 19.4 Å². The van der Waals surface area contributed by atoms with Crippen LogP contribution in [-0.4, -0.2) is 17.8 Å². The van der Waals surface area contributed by atoms with Gasteiger partial charge in [-0.15, -0.1) is 0 Å². The monoisotopic (exact) mass is 224 g/mol. The molecule has 0 aromatic heterocycles. The smallest absolute Gasteiger partial charge is 0.138 e. The molecular weight excluding hydrogens is 212 g/mol. The van der Waals surface area contributed by atoms with Gasteiger partial charge in [-0.05, 0) is 32.0 Å². The number of rotatable bonds is 1. The Morgan fingerprint density at radius 3 is 2.60 bits per heavy atom. The third-order valence-electron chi connectivity index (χ3n) is 1.66. The number of methoxy groups -OCH3 is 1. The van der Waals surface area contributed by atoms with Gasteiger partial charge in [0.1, 0.15) is 11.4 Å². The summed E-state index contributed by atoms with van der Waals surface area (Å²) in [5.74, 6) is 6.15. The first-order chi connectivity index (χ1) is 6.92. The first-order valence-corrected chi connectivity index (χ1v) is 4.89. The van der Waals surface area contributed by atoms with Crippen molar-refractivity contribution in [1.82, 2.24) is 0 Å². The normalized spacial score (nSPS) is 10.5. The molecule has 1 N–H and O–H groups in total. The van der Waals surface area contributed by atoms with Crippen LogP contribution in [-0.2, 0) is 0 Å². The van der Waals surface area contributed by atoms with E-state index in [4.69, 9.17) is 16.3 Å². The molecule has 0 aliphatic heterocycles. The number of aliphatic hydroxyl groups is 1. The van der Waals surface area contributed by atoms with Gasteiger partial charge in [-0.2, -0.15) is 0 Å². The number of hydrogen-bond acceptors (Lipinski definition) is 2. The lowest BCUT2D eigenvalue weighted by atomic mass is 10.1. The zero-order valence-corrected chi connectivity index (χ0v) is 9.72. The van der Waals surface area contributed by atoms with Crippen molar-refractivity contribution in [3.63, 3.8) is 0 Å². The highest BCUT2D eigenvalue weighted by atomic mass is 35.5. The minimum atomic E-state index is -0.993. The summed E-state index contributed by atoms with van der Waals surface area (Å²) >= 11 is 5.86. The second-order valence-corrected chi connectivity index (χ2v) is 4.07. The highest BCUT2D eigenvalue weighted by Gasteiger charge is 2.06. The SMILES string of the molecule is COc1cc(C#CC(C)(C)O)ccc1Cl. The van der Waals surface area contributed by atoms with E-state index < -0.39 is 5.60 Å². The molecule has 1 rings (SSSR count). The van der Waals surface area contributed by atoms with Crippen LogP contribution in [0.5, 0.6) is 5.75 Å². The Balaban J connectivity index is 3.01. The lowest BCUT2D eigenvalue weighted by Gasteiger charge is -2.06. The summed E-state index contributed by atoms with van der Waals surface area (Å²) in [4.78, 5) is 0. The molecule has 1 aromatic carbocycles. The Bertz CT molecular complexity index is 408. The molecule has 0 aliphatic carbocycles. The predicted octanol–water partition coefficient (Wildman–Crippen LogP) is 2.47. The number of benzene rings is 1. The minimum Gasteiger partial charge on any atom is -0.495 e. The summed E-state index contributed by atoms with van der Waals surface area (Å²) in [6, 6.07) is 5.24. The Morgan fingerprint density at radius 1 is 1.40 bits per heavy atom. The topological polar surface area (TPSA) is 29.5 Å². The second-order valence-electron chi connectivity index (χ2n) is 3.66. The predicted molar refractivity (Wildman–Crippen MR) is 61.2 cm³/mol. The Labute approximate surface area is 94.8 Å². The fraction of sp³-hybridized carbons (Fsp3) is 0.333. The highest BCUT2D eigenvalue weighted by molar-refractivity contribution is 6.32. The summed E-state index contributed by atoms with van der Waals surface area (Å²) in [7, 11) is 1.55. The maximum atomic E-state index is 9.43. The van der Waals surface area contributed by atoms with Crippen LogP contribution >= 0.6 is 11.6 Å². The molecule has 80 valence electrons. The molecule has 3 heteroatoms. The fourth-order valence-electron chi connectivity index (χ4n) is 0.963. The van der Waals surface area contributed by atoms with Crippen LogP contribution in [0.25, 0.3) is 0 Å². The molecule has 0 saturated heterocycles. The van der Waals surface area contributed by atoms with Crippen molar-refractivity contribution in [1.29, 1.82) is 0 Å². The lowest BCUT2D eigenvalue weighted by Crippen LogP contribution is -2.14. The van der Waals surface area contributed by atoms with E-state index in [1.165, 1.54) is 0 Å². The average Bonchev–Trinajstić information content (AvgIpc) is 2.15. The van der Waals surface area contributed by atoms with Crippen LogP contribution in [0.15, 0.2) is 18.2 Å². The third-order valence-corrected chi connectivity index (χ3v) is 1.98. The van der Waals surface area contributed by atoms with Crippen molar-refractivity contribution in [3.05, 3.63) is 28.8 Å². The Kier molecular flexibility index (Phi) is 3.62. The molecular formula is C12H13ClO2. The number of hydrogen-bond donors (Lipinski definition) is 1. The van der Waals surface area contributed by atoms with Gasteiger partial charge in [0.15, 0.2) is 0 Å². The standard InChI is InChI=1S/C12H13ClO2/c1-12(2,14)7-6-9-4-5-10(13)11(8-9)15-3/h4-5,8,14H,1-3H3. The van der Waals surface area contributed by atoms with Gasteiger partial charge in [-0.25, -0.2) is 0 Å². The van der Waals surface area contributed by atoms with Gasteiger partial charge in [0.25, 0.3) is 0 Å². The van der Waals surface area contributed by atoms with Gasteiger partial charge in [0.05, 0.1) is 12.1 Å². The zero-order valence-electron chi connectivity index (χ0n) is 8.97. The number of ether oxygens (including phenoxy) is 1. The van der Waals surface area contributed by atoms with E-state index in [9.17, 15) is 5.11 Å².